The van der Waals surface area contributed by atoms with Gasteiger partial charge in [-0.2, -0.15) is 0 Å². The van der Waals surface area contributed by atoms with Gasteiger partial charge < -0.3 is 24.3 Å². The first-order valence-electron chi connectivity index (χ1n) is 10.1. The molecule has 1 aromatic rings. The monoisotopic (exact) mass is 433 g/mol. The summed E-state index contributed by atoms with van der Waals surface area (Å²) >= 11 is 6.60. The summed E-state index contributed by atoms with van der Waals surface area (Å²) in [6.45, 7) is 4.78. The minimum absolute atomic E-state index is 0.00889. The molecule has 0 saturated heterocycles. The number of ketones is 1. The van der Waals surface area contributed by atoms with Crippen molar-refractivity contribution in [1.82, 2.24) is 5.32 Å². The molecule has 8 heteroatoms. The highest BCUT2D eigenvalue weighted by Crippen LogP contribution is 2.47. The number of carbonyl (C=O) groups excluding carboxylic acids is 2. The maximum Gasteiger partial charge on any atom is 0.336 e. The Kier molecular flexibility index (Phi) is 6.01. The van der Waals surface area contributed by atoms with Crippen LogP contribution >= 0.6 is 11.6 Å². The number of esters is 1. The van der Waals surface area contributed by atoms with Crippen LogP contribution in [0.5, 0.6) is 11.5 Å². The van der Waals surface area contributed by atoms with Gasteiger partial charge in [-0.25, -0.2) is 4.79 Å². The standard InChI is InChI=1S/C22H24ClNO6/c1-3-27-7-8-28-22(26)19-12(2)24-15-5-4-6-16(25)21(15)20(19)13-9-17-18(10-14(13)23)30-11-29-17/h9-10,20,24H,3-8,11H2,1-2H3/t20-/m1/s1. The van der Waals surface area contributed by atoms with Gasteiger partial charge in [0.05, 0.1) is 12.2 Å². The Morgan fingerprint density at radius 3 is 2.77 bits per heavy atom. The topological polar surface area (TPSA) is 83.1 Å². The molecular weight excluding hydrogens is 410 g/mol. The number of carbonyl (C=O) groups is 2. The van der Waals surface area contributed by atoms with Gasteiger partial charge in [-0.3, -0.25) is 4.79 Å². The molecule has 2 heterocycles. The number of benzene rings is 1. The van der Waals surface area contributed by atoms with Crippen LogP contribution in [0.1, 0.15) is 44.6 Å². The lowest BCUT2D eigenvalue weighted by Gasteiger charge is -2.34. The first kappa shape index (κ1) is 20.8. The fraction of sp³-hybridized carbons (Fsp3) is 0.455. The molecule has 1 atom stereocenters. The van der Waals surface area contributed by atoms with Crippen LogP contribution in [0.4, 0.5) is 0 Å². The lowest BCUT2D eigenvalue weighted by atomic mass is 9.75. The smallest absolute Gasteiger partial charge is 0.336 e. The molecule has 0 unspecified atom stereocenters. The molecule has 3 aliphatic rings. The second kappa shape index (κ2) is 8.70. The molecule has 1 aromatic carbocycles. The number of Topliss-reactive ketones (excluding diaryl/α,β-unsaturated/α-hetero) is 1. The number of rotatable bonds is 6. The summed E-state index contributed by atoms with van der Waals surface area (Å²) in [6.07, 6.45) is 1.95. The Hall–Kier alpha value is -2.51. The minimum atomic E-state index is -0.629. The average Bonchev–Trinajstić information content (AvgIpc) is 3.17. The molecule has 0 fully saturated rings. The van der Waals surface area contributed by atoms with E-state index in [0.717, 1.165) is 18.5 Å². The molecule has 1 N–H and O–H groups in total. The third-order valence-electron chi connectivity index (χ3n) is 5.46. The van der Waals surface area contributed by atoms with Crippen LogP contribution in [-0.2, 0) is 19.1 Å². The van der Waals surface area contributed by atoms with E-state index in [1.54, 1.807) is 12.1 Å². The van der Waals surface area contributed by atoms with Crippen LogP contribution in [0.15, 0.2) is 34.7 Å². The van der Waals surface area contributed by atoms with Crippen molar-refractivity contribution in [3.05, 3.63) is 45.3 Å². The van der Waals surface area contributed by atoms with Crippen molar-refractivity contribution < 1.29 is 28.5 Å². The van der Waals surface area contributed by atoms with Gasteiger partial charge in [0.2, 0.25) is 6.79 Å². The van der Waals surface area contributed by atoms with E-state index in [-0.39, 0.29) is 19.2 Å². The average molecular weight is 434 g/mol. The fourth-order valence-corrected chi connectivity index (χ4v) is 4.40. The number of hydrogen-bond donors (Lipinski definition) is 1. The summed E-state index contributed by atoms with van der Waals surface area (Å²) in [5, 5.41) is 3.67. The predicted molar refractivity (Wildman–Crippen MR) is 109 cm³/mol. The van der Waals surface area contributed by atoms with Crippen molar-refractivity contribution in [2.75, 3.05) is 26.6 Å². The molecule has 4 rings (SSSR count). The zero-order valence-electron chi connectivity index (χ0n) is 17.0. The van der Waals surface area contributed by atoms with Gasteiger partial charge in [0.15, 0.2) is 17.3 Å². The van der Waals surface area contributed by atoms with Gasteiger partial charge in [0.25, 0.3) is 0 Å². The van der Waals surface area contributed by atoms with E-state index in [1.807, 2.05) is 13.8 Å². The Labute approximate surface area is 180 Å². The summed E-state index contributed by atoms with van der Waals surface area (Å²) < 4.78 is 21.6. The van der Waals surface area contributed by atoms with Crippen molar-refractivity contribution in [2.24, 2.45) is 0 Å². The van der Waals surface area contributed by atoms with Crippen molar-refractivity contribution in [3.8, 4) is 11.5 Å². The second-order valence-electron chi connectivity index (χ2n) is 7.33. The Morgan fingerprint density at radius 1 is 1.23 bits per heavy atom. The van der Waals surface area contributed by atoms with Crippen LogP contribution < -0.4 is 14.8 Å². The van der Waals surface area contributed by atoms with E-state index in [0.29, 0.717) is 58.6 Å². The second-order valence-corrected chi connectivity index (χ2v) is 7.73. The highest BCUT2D eigenvalue weighted by atomic mass is 35.5. The van der Waals surface area contributed by atoms with Gasteiger partial charge in [0.1, 0.15) is 6.61 Å². The molecule has 2 aliphatic heterocycles. The summed E-state index contributed by atoms with van der Waals surface area (Å²) in [5.74, 6) is -0.0305. The van der Waals surface area contributed by atoms with E-state index in [4.69, 9.17) is 30.5 Å². The maximum atomic E-state index is 13.1. The first-order chi connectivity index (χ1) is 14.5. The molecule has 30 heavy (non-hydrogen) atoms. The molecule has 0 aromatic heterocycles. The van der Waals surface area contributed by atoms with Crippen molar-refractivity contribution in [1.29, 1.82) is 0 Å². The Morgan fingerprint density at radius 2 is 2.00 bits per heavy atom. The van der Waals surface area contributed by atoms with Crippen LogP contribution in [0.25, 0.3) is 0 Å². The number of hydrogen-bond acceptors (Lipinski definition) is 7. The number of halogens is 1. The molecule has 0 saturated carbocycles. The first-order valence-corrected chi connectivity index (χ1v) is 10.5. The SMILES string of the molecule is CCOCCOC(=O)C1=C(C)NC2=C(C(=O)CCC2)[C@@H]1c1cc2c(cc1Cl)OCO2. The molecule has 0 spiro atoms. The Balaban J connectivity index is 1.77. The number of fused-ring (bicyclic) bond motifs is 1. The number of allylic oxidation sites excluding steroid dienone is 3. The summed E-state index contributed by atoms with van der Waals surface area (Å²) in [7, 11) is 0. The lowest BCUT2D eigenvalue weighted by Crippen LogP contribution is -2.34. The lowest BCUT2D eigenvalue weighted by molar-refractivity contribution is -0.140. The van der Waals surface area contributed by atoms with Crippen molar-refractivity contribution in [2.45, 2.75) is 39.0 Å². The van der Waals surface area contributed by atoms with Crippen LogP contribution in [0, 0.1) is 0 Å². The largest absolute Gasteiger partial charge is 0.460 e. The predicted octanol–water partition coefficient (Wildman–Crippen LogP) is 3.62. The number of dihydropyridines is 1. The zero-order chi connectivity index (χ0) is 21.3. The summed E-state index contributed by atoms with van der Waals surface area (Å²) in [5.41, 5.74) is 3.07. The van der Waals surface area contributed by atoms with Crippen molar-refractivity contribution in [3.63, 3.8) is 0 Å². The van der Waals surface area contributed by atoms with E-state index < -0.39 is 11.9 Å². The third-order valence-corrected chi connectivity index (χ3v) is 5.79. The molecule has 0 amide bonds. The van der Waals surface area contributed by atoms with E-state index in [2.05, 4.69) is 5.32 Å². The maximum absolute atomic E-state index is 13.1. The molecule has 1 aliphatic carbocycles. The minimum Gasteiger partial charge on any atom is -0.460 e. The van der Waals surface area contributed by atoms with Crippen molar-refractivity contribution >= 4 is 23.4 Å². The third kappa shape index (κ3) is 3.79. The number of nitrogens with one attached hydrogen (secondary N) is 1. The van der Waals surface area contributed by atoms with E-state index in [1.165, 1.54) is 0 Å². The highest BCUT2D eigenvalue weighted by Gasteiger charge is 2.40. The molecule has 7 nitrogen and oxygen atoms in total. The Bertz CT molecular complexity index is 951. The quantitative estimate of drug-likeness (QED) is 0.542. The zero-order valence-corrected chi connectivity index (χ0v) is 17.8. The van der Waals surface area contributed by atoms with Gasteiger partial charge in [-0.1, -0.05) is 11.6 Å². The van der Waals surface area contributed by atoms with E-state index in [9.17, 15) is 9.59 Å². The van der Waals surface area contributed by atoms with Gasteiger partial charge >= 0.3 is 5.97 Å². The van der Waals surface area contributed by atoms with Gasteiger partial charge in [-0.05, 0) is 38.3 Å². The van der Waals surface area contributed by atoms with Crippen LogP contribution in [-0.4, -0.2) is 38.4 Å². The molecular formula is C22H24ClNO6. The van der Waals surface area contributed by atoms with Gasteiger partial charge in [-0.15, -0.1) is 0 Å². The highest BCUT2D eigenvalue weighted by molar-refractivity contribution is 6.32. The fourth-order valence-electron chi connectivity index (χ4n) is 4.13. The normalized spacial score (nSPS) is 20.2. The molecule has 0 radical (unpaired) electrons. The molecule has 0 bridgehead atoms. The number of ether oxygens (including phenoxy) is 4. The summed E-state index contributed by atoms with van der Waals surface area (Å²) in [6, 6.07) is 3.43. The van der Waals surface area contributed by atoms with Crippen LogP contribution in [0.3, 0.4) is 0 Å². The van der Waals surface area contributed by atoms with E-state index >= 15 is 0 Å². The molecule has 160 valence electrons. The van der Waals surface area contributed by atoms with Crippen LogP contribution in [0.2, 0.25) is 5.02 Å². The summed E-state index contributed by atoms with van der Waals surface area (Å²) in [4.78, 5) is 26.0. The van der Waals surface area contributed by atoms with Gasteiger partial charge in [0, 0.05) is 47.0 Å².